The molecule has 1 aliphatic rings. The topological polar surface area (TPSA) is 21.3 Å². The maximum atomic E-state index is 5.56. The second-order valence-electron chi connectivity index (χ2n) is 6.56. The van der Waals surface area contributed by atoms with Crippen molar-refractivity contribution < 1.29 is 4.74 Å². The Kier molecular flexibility index (Phi) is 6.10. The highest BCUT2D eigenvalue weighted by atomic mass is 16.5. The summed E-state index contributed by atoms with van der Waals surface area (Å²) in [6, 6.07) is 6.84. The van der Waals surface area contributed by atoms with E-state index >= 15 is 0 Å². The van der Waals surface area contributed by atoms with Crippen molar-refractivity contribution in [3.05, 3.63) is 29.3 Å². The summed E-state index contributed by atoms with van der Waals surface area (Å²) in [7, 11) is 1.78. The molecule has 1 aromatic carbocycles. The number of ether oxygens (including phenoxy) is 1. The minimum Gasteiger partial charge on any atom is -0.496 e. The van der Waals surface area contributed by atoms with Crippen molar-refractivity contribution in [3.8, 4) is 5.75 Å². The number of hydrogen-bond donors (Lipinski definition) is 1. The molecule has 0 amide bonds. The van der Waals surface area contributed by atoms with Gasteiger partial charge in [-0.2, -0.15) is 0 Å². The highest BCUT2D eigenvalue weighted by molar-refractivity contribution is 5.40. The molecule has 21 heavy (non-hydrogen) atoms. The minimum absolute atomic E-state index is 0.298. The first-order chi connectivity index (χ1) is 10.2. The Balaban J connectivity index is 2.28. The SMILES string of the molecule is CCCNCC1(c2ccc(C)c(OC)c2)CCCCCC1. The van der Waals surface area contributed by atoms with E-state index in [1.807, 2.05) is 0 Å². The van der Waals surface area contributed by atoms with Crippen molar-refractivity contribution in [2.45, 2.75) is 64.2 Å². The van der Waals surface area contributed by atoms with Crippen LogP contribution in [0, 0.1) is 6.92 Å². The van der Waals surface area contributed by atoms with Gasteiger partial charge < -0.3 is 10.1 Å². The fourth-order valence-electron chi connectivity index (χ4n) is 3.63. The molecule has 2 nitrogen and oxygen atoms in total. The van der Waals surface area contributed by atoms with Crippen molar-refractivity contribution in [3.63, 3.8) is 0 Å². The van der Waals surface area contributed by atoms with E-state index in [2.05, 4.69) is 37.4 Å². The lowest BCUT2D eigenvalue weighted by atomic mass is 9.74. The molecule has 0 radical (unpaired) electrons. The summed E-state index contributed by atoms with van der Waals surface area (Å²) in [5.74, 6) is 1.03. The maximum absolute atomic E-state index is 5.56. The van der Waals surface area contributed by atoms with Crippen molar-refractivity contribution >= 4 is 0 Å². The number of methoxy groups -OCH3 is 1. The third kappa shape index (κ3) is 4.00. The number of aryl methyl sites for hydroxylation is 1. The fraction of sp³-hybridized carbons (Fsp3) is 0.684. The molecular weight excluding hydrogens is 258 g/mol. The van der Waals surface area contributed by atoms with E-state index < -0.39 is 0 Å². The van der Waals surface area contributed by atoms with Crippen LogP contribution in [0.5, 0.6) is 5.75 Å². The van der Waals surface area contributed by atoms with Gasteiger partial charge in [0.1, 0.15) is 5.75 Å². The molecule has 0 atom stereocenters. The van der Waals surface area contributed by atoms with E-state index in [0.29, 0.717) is 5.41 Å². The van der Waals surface area contributed by atoms with Gasteiger partial charge in [-0.25, -0.2) is 0 Å². The van der Waals surface area contributed by atoms with Gasteiger partial charge in [0, 0.05) is 12.0 Å². The predicted molar refractivity (Wildman–Crippen MR) is 90.3 cm³/mol. The zero-order valence-corrected chi connectivity index (χ0v) is 14.0. The van der Waals surface area contributed by atoms with Crippen LogP contribution < -0.4 is 10.1 Å². The Morgan fingerprint density at radius 2 is 1.86 bits per heavy atom. The summed E-state index contributed by atoms with van der Waals surface area (Å²) in [5, 5.41) is 3.68. The molecule has 0 aromatic heterocycles. The van der Waals surface area contributed by atoms with Gasteiger partial charge in [-0.1, -0.05) is 44.7 Å². The van der Waals surface area contributed by atoms with Crippen molar-refractivity contribution in [2.24, 2.45) is 0 Å². The van der Waals surface area contributed by atoms with Crippen molar-refractivity contribution in [2.75, 3.05) is 20.2 Å². The van der Waals surface area contributed by atoms with Crippen LogP contribution in [0.15, 0.2) is 18.2 Å². The van der Waals surface area contributed by atoms with E-state index in [1.165, 1.54) is 56.1 Å². The average Bonchev–Trinajstić information content (AvgIpc) is 2.74. The van der Waals surface area contributed by atoms with Gasteiger partial charge in [0.15, 0.2) is 0 Å². The molecule has 0 spiro atoms. The van der Waals surface area contributed by atoms with Crippen LogP contribution in [0.25, 0.3) is 0 Å². The number of hydrogen-bond acceptors (Lipinski definition) is 2. The van der Waals surface area contributed by atoms with Gasteiger partial charge in [-0.05, 0) is 49.9 Å². The highest BCUT2D eigenvalue weighted by Gasteiger charge is 2.32. The van der Waals surface area contributed by atoms with Gasteiger partial charge in [0.25, 0.3) is 0 Å². The summed E-state index contributed by atoms with van der Waals surface area (Å²) in [5.41, 5.74) is 2.99. The van der Waals surface area contributed by atoms with E-state index in [4.69, 9.17) is 4.74 Å². The van der Waals surface area contributed by atoms with Gasteiger partial charge in [-0.15, -0.1) is 0 Å². The molecule has 0 aliphatic heterocycles. The molecule has 0 bridgehead atoms. The fourth-order valence-corrected chi connectivity index (χ4v) is 3.63. The van der Waals surface area contributed by atoms with Crippen LogP contribution in [-0.4, -0.2) is 20.2 Å². The molecule has 1 N–H and O–H groups in total. The van der Waals surface area contributed by atoms with E-state index in [1.54, 1.807) is 7.11 Å². The predicted octanol–water partition coefficient (Wildman–Crippen LogP) is 4.60. The quantitative estimate of drug-likeness (QED) is 0.610. The molecular formula is C19H31NO. The number of rotatable bonds is 6. The number of nitrogens with one attached hydrogen (secondary N) is 1. The van der Waals surface area contributed by atoms with Crippen molar-refractivity contribution in [1.82, 2.24) is 5.32 Å². The maximum Gasteiger partial charge on any atom is 0.122 e. The molecule has 0 unspecified atom stereocenters. The second-order valence-corrected chi connectivity index (χ2v) is 6.56. The van der Waals surface area contributed by atoms with Gasteiger partial charge in [-0.3, -0.25) is 0 Å². The van der Waals surface area contributed by atoms with E-state index in [9.17, 15) is 0 Å². The highest BCUT2D eigenvalue weighted by Crippen LogP contribution is 2.39. The number of benzene rings is 1. The molecule has 1 aliphatic carbocycles. The van der Waals surface area contributed by atoms with Crippen LogP contribution in [-0.2, 0) is 5.41 Å². The van der Waals surface area contributed by atoms with E-state index in [-0.39, 0.29) is 0 Å². The molecule has 118 valence electrons. The van der Waals surface area contributed by atoms with Crippen LogP contribution in [0.1, 0.15) is 63.0 Å². The minimum atomic E-state index is 0.298. The first-order valence-corrected chi connectivity index (χ1v) is 8.58. The smallest absolute Gasteiger partial charge is 0.122 e. The summed E-state index contributed by atoms with van der Waals surface area (Å²) < 4.78 is 5.56. The largest absolute Gasteiger partial charge is 0.496 e. The third-order valence-electron chi connectivity index (χ3n) is 4.97. The molecule has 1 fully saturated rings. The summed E-state index contributed by atoms with van der Waals surface area (Å²) >= 11 is 0. The van der Waals surface area contributed by atoms with Gasteiger partial charge >= 0.3 is 0 Å². The molecule has 1 aromatic rings. The third-order valence-corrected chi connectivity index (χ3v) is 4.97. The molecule has 0 saturated heterocycles. The normalized spacial score (nSPS) is 18.2. The monoisotopic (exact) mass is 289 g/mol. The Morgan fingerprint density at radius 3 is 2.48 bits per heavy atom. The summed E-state index contributed by atoms with van der Waals surface area (Å²) in [4.78, 5) is 0. The standard InChI is InChI=1S/C19H31NO/c1-4-13-20-15-19(11-7-5-6-8-12-19)17-10-9-16(2)18(14-17)21-3/h9-10,14,20H,4-8,11-13,15H2,1-3H3. The summed E-state index contributed by atoms with van der Waals surface area (Å²) in [6.07, 6.45) is 9.28. The van der Waals surface area contributed by atoms with Crippen molar-refractivity contribution in [1.29, 1.82) is 0 Å². The Hall–Kier alpha value is -1.02. The van der Waals surface area contributed by atoms with Gasteiger partial charge in [0.2, 0.25) is 0 Å². The first-order valence-electron chi connectivity index (χ1n) is 8.58. The summed E-state index contributed by atoms with van der Waals surface area (Å²) in [6.45, 7) is 6.58. The average molecular weight is 289 g/mol. The molecule has 1 saturated carbocycles. The lowest BCUT2D eigenvalue weighted by Gasteiger charge is -2.34. The zero-order valence-electron chi connectivity index (χ0n) is 14.0. The lowest BCUT2D eigenvalue weighted by molar-refractivity contribution is 0.344. The van der Waals surface area contributed by atoms with Crippen LogP contribution in [0.3, 0.4) is 0 Å². The molecule has 0 heterocycles. The molecule has 2 rings (SSSR count). The van der Waals surface area contributed by atoms with Gasteiger partial charge in [0.05, 0.1) is 7.11 Å². The van der Waals surface area contributed by atoms with Crippen LogP contribution >= 0.6 is 0 Å². The van der Waals surface area contributed by atoms with Crippen LogP contribution in [0.4, 0.5) is 0 Å². The molecule has 2 heteroatoms. The Morgan fingerprint density at radius 1 is 1.14 bits per heavy atom. The lowest BCUT2D eigenvalue weighted by Crippen LogP contribution is -2.38. The zero-order chi connectivity index (χ0) is 15.1. The van der Waals surface area contributed by atoms with E-state index in [0.717, 1.165) is 18.8 Å². The Labute approximate surface area is 130 Å². The first kappa shape index (κ1) is 16.4. The second kappa shape index (κ2) is 7.84. The Bertz CT molecular complexity index is 433. The van der Waals surface area contributed by atoms with Crippen LogP contribution in [0.2, 0.25) is 0 Å².